The first-order valence-corrected chi connectivity index (χ1v) is 30.8. The van der Waals surface area contributed by atoms with Gasteiger partial charge in [0.15, 0.2) is 0 Å². The first-order chi connectivity index (χ1) is 44.5. The van der Waals surface area contributed by atoms with Crippen LogP contribution < -0.4 is 19.6 Å². The molecule has 0 aromatic heterocycles. The Balaban J connectivity index is 0.000000150. The predicted molar refractivity (Wildman–Crippen MR) is 387 cm³/mol. The topological polar surface area (TPSA) is 13.0 Å². The third-order valence-electron chi connectivity index (χ3n) is 17.7. The molecule has 0 fully saturated rings. The maximum Gasteiger partial charge on any atom is 0.0540 e. The molecule has 0 heterocycles. The molecule has 90 heavy (non-hydrogen) atoms. The van der Waals surface area contributed by atoms with Gasteiger partial charge < -0.3 is 19.6 Å². The van der Waals surface area contributed by atoms with Crippen molar-refractivity contribution in [2.24, 2.45) is 0 Å². The molecule has 0 bridgehead atoms. The molecule has 16 rings (SSSR count). The Bertz CT molecular complexity index is 5190. The van der Waals surface area contributed by atoms with Crippen molar-refractivity contribution in [2.45, 2.75) is 0 Å². The van der Waals surface area contributed by atoms with Gasteiger partial charge in [-0.3, -0.25) is 0 Å². The van der Waals surface area contributed by atoms with Gasteiger partial charge in [-0.05, 0) is 186 Å². The van der Waals surface area contributed by atoms with Gasteiger partial charge in [0.1, 0.15) is 0 Å². The van der Waals surface area contributed by atoms with Gasteiger partial charge in [0.25, 0.3) is 0 Å². The van der Waals surface area contributed by atoms with E-state index in [2.05, 4.69) is 386 Å². The number of fused-ring (bicyclic) bond motifs is 7. The number of hydrogen-bond acceptors (Lipinski definition) is 4. The van der Waals surface area contributed by atoms with Crippen molar-refractivity contribution in [1.82, 2.24) is 0 Å². The Labute approximate surface area is 526 Å². The van der Waals surface area contributed by atoms with Gasteiger partial charge in [-0.2, -0.15) is 0 Å². The molecular weight excluding hydrogens is 1090 g/mol. The highest BCUT2D eigenvalue weighted by Gasteiger charge is 2.19. The molecule has 0 spiro atoms. The lowest BCUT2D eigenvalue weighted by atomic mass is 9.99. The van der Waals surface area contributed by atoms with E-state index in [9.17, 15) is 0 Å². The third-order valence-corrected chi connectivity index (χ3v) is 17.7. The van der Waals surface area contributed by atoms with Gasteiger partial charge in [-0.15, -0.1) is 0 Å². The van der Waals surface area contributed by atoms with Gasteiger partial charge in [0, 0.05) is 75.8 Å². The minimum Gasteiger partial charge on any atom is -0.345 e. The number of nitrogens with zero attached hydrogens (tertiary/aromatic N) is 4. The zero-order valence-electron chi connectivity index (χ0n) is 50.3. The molecule has 0 atom stereocenters. The maximum atomic E-state index is 2.35. The molecule has 0 radical (unpaired) electrons. The highest BCUT2D eigenvalue weighted by Crippen LogP contribution is 2.43. The molecule has 4 nitrogen and oxygen atoms in total. The summed E-state index contributed by atoms with van der Waals surface area (Å²) in [6, 6.07) is 126. The van der Waals surface area contributed by atoms with E-state index < -0.39 is 0 Å². The average molecular weight is 1150 g/mol. The molecule has 4 heteroatoms. The summed E-state index contributed by atoms with van der Waals surface area (Å²) in [7, 11) is 4.29. The molecule has 0 saturated carbocycles. The number of hydrogen-bond donors (Lipinski definition) is 0. The summed E-state index contributed by atoms with van der Waals surface area (Å²) in [5.41, 5.74) is 16.3. The minimum absolute atomic E-state index is 1.13. The highest BCUT2D eigenvalue weighted by atomic mass is 15.2. The van der Waals surface area contributed by atoms with Crippen molar-refractivity contribution in [3.8, 4) is 22.3 Å². The van der Waals surface area contributed by atoms with Crippen molar-refractivity contribution >= 4 is 122 Å². The summed E-state index contributed by atoms with van der Waals surface area (Å²) >= 11 is 0. The van der Waals surface area contributed by atoms with Crippen molar-refractivity contribution in [3.63, 3.8) is 0 Å². The second kappa shape index (κ2) is 24.2. The van der Waals surface area contributed by atoms with Crippen LogP contribution in [0.25, 0.3) is 86.9 Å². The fourth-order valence-corrected chi connectivity index (χ4v) is 12.9. The van der Waals surface area contributed by atoms with E-state index in [4.69, 9.17) is 0 Å². The SMILES string of the molecule is CN(c1ccc(-c2ccc(N(c3ccccc3)c3cccc4ccccc34)cc2)cc1)c1cc2ccccc2c2ccccc12.CN(c1ccc(-c2ccc(N(c3ccccc3)c3cccc4ccccc34)cc2)cc1)c1ccc2cc3ccccc3cc2c1. The monoisotopic (exact) mass is 1150 g/mol. The van der Waals surface area contributed by atoms with Crippen LogP contribution in [0.5, 0.6) is 0 Å². The van der Waals surface area contributed by atoms with E-state index in [0.29, 0.717) is 0 Å². The minimum atomic E-state index is 1.13. The van der Waals surface area contributed by atoms with E-state index in [-0.39, 0.29) is 0 Å². The zero-order chi connectivity index (χ0) is 60.3. The van der Waals surface area contributed by atoms with Crippen molar-refractivity contribution in [2.75, 3.05) is 33.7 Å². The van der Waals surface area contributed by atoms with Crippen molar-refractivity contribution in [1.29, 1.82) is 0 Å². The van der Waals surface area contributed by atoms with E-state index >= 15 is 0 Å². The molecule has 0 aliphatic heterocycles. The van der Waals surface area contributed by atoms with E-state index in [1.54, 1.807) is 0 Å². The number of para-hydroxylation sites is 2. The van der Waals surface area contributed by atoms with E-state index in [1.165, 1.54) is 110 Å². The molecule has 0 N–H and O–H groups in total. The number of anilines is 10. The second-order valence-corrected chi connectivity index (χ2v) is 23.0. The molecule has 0 aliphatic rings. The molecule has 0 unspecified atom stereocenters. The van der Waals surface area contributed by atoms with Crippen LogP contribution in [0.3, 0.4) is 0 Å². The molecule has 0 amide bonds. The van der Waals surface area contributed by atoms with E-state index in [0.717, 1.165) is 34.1 Å². The Morgan fingerprint density at radius 3 is 0.989 bits per heavy atom. The van der Waals surface area contributed by atoms with Gasteiger partial charge in [0.2, 0.25) is 0 Å². The van der Waals surface area contributed by atoms with Gasteiger partial charge in [-0.1, -0.05) is 237 Å². The summed E-state index contributed by atoms with van der Waals surface area (Å²) in [4.78, 5) is 9.24. The Morgan fingerprint density at radius 2 is 0.500 bits per heavy atom. The summed E-state index contributed by atoms with van der Waals surface area (Å²) in [6.45, 7) is 0. The summed E-state index contributed by atoms with van der Waals surface area (Å²) in [6.07, 6.45) is 0. The van der Waals surface area contributed by atoms with Gasteiger partial charge in [-0.25, -0.2) is 0 Å². The number of rotatable bonds is 12. The molecule has 16 aromatic carbocycles. The normalized spacial score (nSPS) is 11.2. The Hall–Kier alpha value is -11.7. The molecular formula is C86H64N4. The Morgan fingerprint density at radius 1 is 0.167 bits per heavy atom. The first-order valence-electron chi connectivity index (χ1n) is 30.8. The quantitative estimate of drug-likeness (QED) is 0.0893. The number of benzene rings is 16. The lowest BCUT2D eigenvalue weighted by molar-refractivity contribution is 1.21. The summed E-state index contributed by atoms with van der Waals surface area (Å²) in [5.74, 6) is 0. The molecule has 16 aromatic rings. The lowest BCUT2D eigenvalue weighted by Gasteiger charge is -2.27. The van der Waals surface area contributed by atoms with Crippen LogP contribution in [-0.4, -0.2) is 14.1 Å². The van der Waals surface area contributed by atoms with Crippen molar-refractivity contribution in [3.05, 3.63) is 352 Å². The maximum absolute atomic E-state index is 2.35. The average Bonchev–Trinajstić information content (AvgIpc) is 0.983. The third kappa shape index (κ3) is 10.8. The first kappa shape index (κ1) is 54.9. The van der Waals surface area contributed by atoms with Crippen molar-refractivity contribution < 1.29 is 0 Å². The smallest absolute Gasteiger partial charge is 0.0540 e. The Kier molecular flexibility index (Phi) is 14.8. The van der Waals surface area contributed by atoms with E-state index in [1.807, 2.05) is 0 Å². The summed E-state index contributed by atoms with van der Waals surface area (Å²) in [5, 5.41) is 15.1. The van der Waals surface area contributed by atoms with Crippen LogP contribution in [0.2, 0.25) is 0 Å². The lowest BCUT2D eigenvalue weighted by Crippen LogP contribution is -2.10. The standard InChI is InChI=1S/2C43H32N2/c1-44(43-30-34-13-6-7-17-38(34)40-19-9-10-20-41(40)43)35-26-22-31(23-27-35)32-24-28-37(29-25-32)45(36-15-3-2-4-16-36)42-21-11-14-33-12-5-8-18-39(33)42;1-44(41-27-22-36-28-34-11-5-6-12-35(34)29-37(36)30-41)38-23-18-31(19-24-38)32-20-25-40(26-21-32)45(39-14-3-2-4-15-39)43-17-9-13-33-10-7-8-16-42(33)43/h2*2-30H,1H3. The second-order valence-electron chi connectivity index (χ2n) is 23.0. The predicted octanol–water partition coefficient (Wildman–Crippen LogP) is 24.1. The van der Waals surface area contributed by atoms with Crippen LogP contribution in [0.15, 0.2) is 352 Å². The molecule has 0 saturated heterocycles. The van der Waals surface area contributed by atoms with Gasteiger partial charge >= 0.3 is 0 Å². The zero-order valence-corrected chi connectivity index (χ0v) is 50.3. The largest absolute Gasteiger partial charge is 0.345 e. The van der Waals surface area contributed by atoms with Gasteiger partial charge in [0.05, 0.1) is 11.4 Å². The fraction of sp³-hybridized carbons (Fsp3) is 0.0233. The molecule has 428 valence electrons. The van der Waals surface area contributed by atoms with Crippen LogP contribution in [0.1, 0.15) is 0 Å². The van der Waals surface area contributed by atoms with Crippen LogP contribution in [0, 0.1) is 0 Å². The van der Waals surface area contributed by atoms with Crippen LogP contribution in [0.4, 0.5) is 56.9 Å². The fourth-order valence-electron chi connectivity index (χ4n) is 12.9. The van der Waals surface area contributed by atoms with Crippen LogP contribution >= 0.6 is 0 Å². The highest BCUT2D eigenvalue weighted by molar-refractivity contribution is 6.14. The summed E-state index contributed by atoms with van der Waals surface area (Å²) < 4.78 is 0. The molecule has 0 aliphatic carbocycles. The van der Waals surface area contributed by atoms with Crippen LogP contribution in [-0.2, 0) is 0 Å².